The van der Waals surface area contributed by atoms with E-state index in [1.165, 1.54) is 6.42 Å². The van der Waals surface area contributed by atoms with Gasteiger partial charge >= 0.3 is 0 Å². The molecule has 2 rings (SSSR count). The molecule has 2 aliphatic heterocycles. The van der Waals surface area contributed by atoms with Gasteiger partial charge in [-0.3, -0.25) is 0 Å². The second-order valence-corrected chi connectivity index (χ2v) is 3.95. The lowest BCUT2D eigenvalue weighted by Gasteiger charge is -2.29. The topological polar surface area (TPSA) is 56.5 Å². The molecule has 4 nitrogen and oxygen atoms in total. The average Bonchev–Trinajstić information content (AvgIpc) is 2.72. The minimum absolute atomic E-state index is 0.0763. The molecule has 3 N–H and O–H groups in total. The molecule has 0 radical (unpaired) electrons. The van der Waals surface area contributed by atoms with Gasteiger partial charge in [0.2, 0.25) is 0 Å². The van der Waals surface area contributed by atoms with Crippen LogP contribution in [-0.2, 0) is 9.47 Å². The molecular formula is C9H18N2O2. The molecule has 76 valence electrons. The first kappa shape index (κ1) is 9.40. The van der Waals surface area contributed by atoms with E-state index >= 15 is 0 Å². The Morgan fingerprint density at radius 1 is 1.62 bits per heavy atom. The molecule has 2 aliphatic rings. The van der Waals surface area contributed by atoms with Crippen molar-refractivity contribution in [3.8, 4) is 0 Å². The summed E-state index contributed by atoms with van der Waals surface area (Å²) in [6.45, 7) is 4.25. The molecule has 3 unspecified atom stereocenters. The Morgan fingerprint density at radius 3 is 3.00 bits per heavy atom. The Labute approximate surface area is 78.8 Å². The third kappa shape index (κ3) is 1.72. The van der Waals surface area contributed by atoms with Gasteiger partial charge in [-0.15, -0.1) is 0 Å². The zero-order valence-corrected chi connectivity index (χ0v) is 8.08. The lowest BCUT2D eigenvalue weighted by molar-refractivity contribution is -0.171. The van der Waals surface area contributed by atoms with Crippen molar-refractivity contribution in [3.63, 3.8) is 0 Å². The van der Waals surface area contributed by atoms with Crippen molar-refractivity contribution in [1.29, 1.82) is 0 Å². The Kier molecular flexibility index (Phi) is 2.55. The number of nitrogens with two attached hydrogens (primary N) is 1. The molecule has 0 aromatic carbocycles. The van der Waals surface area contributed by atoms with Crippen molar-refractivity contribution in [2.45, 2.75) is 37.7 Å². The van der Waals surface area contributed by atoms with E-state index in [0.717, 1.165) is 13.0 Å². The molecule has 13 heavy (non-hydrogen) atoms. The van der Waals surface area contributed by atoms with Crippen molar-refractivity contribution < 1.29 is 9.47 Å². The van der Waals surface area contributed by atoms with Crippen LogP contribution >= 0.6 is 0 Å². The fourth-order valence-corrected chi connectivity index (χ4v) is 2.09. The minimum Gasteiger partial charge on any atom is -0.346 e. The summed E-state index contributed by atoms with van der Waals surface area (Å²) in [4.78, 5) is 0. The van der Waals surface area contributed by atoms with Gasteiger partial charge in [0, 0.05) is 6.54 Å². The molecule has 0 aromatic heterocycles. The van der Waals surface area contributed by atoms with Gasteiger partial charge in [0.15, 0.2) is 5.79 Å². The van der Waals surface area contributed by atoms with Crippen LogP contribution in [0, 0.1) is 0 Å². The Morgan fingerprint density at radius 2 is 2.46 bits per heavy atom. The van der Waals surface area contributed by atoms with Gasteiger partial charge in [0.05, 0.1) is 18.8 Å². The van der Waals surface area contributed by atoms with Crippen LogP contribution in [0.1, 0.15) is 19.8 Å². The zero-order chi connectivity index (χ0) is 9.31. The highest BCUT2D eigenvalue weighted by Crippen LogP contribution is 2.30. The standard InChI is InChI=1S/C9H18N2O2/c1-9(8-3-2-4-11-8)12-6-7(5-10)13-9/h7-8,11H,2-6,10H2,1H3. The average molecular weight is 186 g/mol. The number of hydrogen-bond donors (Lipinski definition) is 2. The summed E-state index contributed by atoms with van der Waals surface area (Å²) in [6.07, 6.45) is 2.42. The minimum atomic E-state index is -0.444. The molecule has 4 heteroatoms. The van der Waals surface area contributed by atoms with Crippen molar-refractivity contribution in [2.24, 2.45) is 5.73 Å². The smallest absolute Gasteiger partial charge is 0.181 e. The predicted octanol–water partition coefficient (Wildman–Crippen LogP) is -0.171. The van der Waals surface area contributed by atoms with E-state index < -0.39 is 5.79 Å². The molecule has 2 fully saturated rings. The molecule has 0 saturated carbocycles. The highest BCUT2D eigenvalue weighted by atomic mass is 16.7. The van der Waals surface area contributed by atoms with Gasteiger partial charge in [0.1, 0.15) is 0 Å². The van der Waals surface area contributed by atoms with E-state index in [2.05, 4.69) is 5.32 Å². The first-order valence-electron chi connectivity index (χ1n) is 5.00. The van der Waals surface area contributed by atoms with Gasteiger partial charge < -0.3 is 20.5 Å². The van der Waals surface area contributed by atoms with Crippen LogP contribution in [0.5, 0.6) is 0 Å². The quantitative estimate of drug-likeness (QED) is 0.628. The van der Waals surface area contributed by atoms with Gasteiger partial charge in [-0.25, -0.2) is 0 Å². The second kappa shape index (κ2) is 3.53. The number of ether oxygens (including phenoxy) is 2. The molecular weight excluding hydrogens is 168 g/mol. The largest absolute Gasteiger partial charge is 0.346 e. The van der Waals surface area contributed by atoms with Crippen LogP contribution < -0.4 is 11.1 Å². The number of nitrogens with one attached hydrogen (secondary N) is 1. The summed E-state index contributed by atoms with van der Waals surface area (Å²) in [7, 11) is 0. The molecule has 2 heterocycles. The van der Waals surface area contributed by atoms with Gasteiger partial charge in [-0.05, 0) is 26.3 Å². The zero-order valence-electron chi connectivity index (χ0n) is 8.08. The van der Waals surface area contributed by atoms with E-state index in [1.807, 2.05) is 6.92 Å². The summed E-state index contributed by atoms with van der Waals surface area (Å²) in [5.74, 6) is -0.444. The SMILES string of the molecule is CC1(C2CCCN2)OCC(CN)O1. The van der Waals surface area contributed by atoms with Crippen molar-refractivity contribution in [3.05, 3.63) is 0 Å². The summed E-state index contributed by atoms with van der Waals surface area (Å²) in [5, 5.41) is 3.39. The predicted molar refractivity (Wildman–Crippen MR) is 49.3 cm³/mol. The highest BCUT2D eigenvalue weighted by Gasteiger charge is 2.44. The third-order valence-corrected chi connectivity index (χ3v) is 2.91. The Balaban J connectivity index is 1.96. The summed E-state index contributed by atoms with van der Waals surface area (Å²) < 4.78 is 11.4. The van der Waals surface area contributed by atoms with E-state index in [4.69, 9.17) is 15.2 Å². The highest BCUT2D eigenvalue weighted by molar-refractivity contribution is 4.90. The molecule has 3 atom stereocenters. The first-order valence-corrected chi connectivity index (χ1v) is 5.00. The normalized spacial score (nSPS) is 45.7. The van der Waals surface area contributed by atoms with Crippen LogP contribution in [0.2, 0.25) is 0 Å². The Bertz CT molecular complexity index is 182. The molecule has 0 spiro atoms. The van der Waals surface area contributed by atoms with E-state index in [1.54, 1.807) is 0 Å². The van der Waals surface area contributed by atoms with Gasteiger partial charge in [0.25, 0.3) is 0 Å². The van der Waals surface area contributed by atoms with E-state index in [9.17, 15) is 0 Å². The van der Waals surface area contributed by atoms with Crippen LogP contribution in [0.15, 0.2) is 0 Å². The van der Waals surface area contributed by atoms with Crippen LogP contribution in [-0.4, -0.2) is 37.6 Å². The van der Waals surface area contributed by atoms with Crippen molar-refractivity contribution >= 4 is 0 Å². The van der Waals surface area contributed by atoms with Crippen LogP contribution in [0.4, 0.5) is 0 Å². The maximum atomic E-state index is 5.77. The summed E-state index contributed by atoms with van der Waals surface area (Å²) in [6, 6.07) is 0.337. The van der Waals surface area contributed by atoms with Crippen molar-refractivity contribution in [1.82, 2.24) is 5.32 Å². The summed E-state index contributed by atoms with van der Waals surface area (Å²) >= 11 is 0. The number of hydrogen-bond acceptors (Lipinski definition) is 4. The fourth-order valence-electron chi connectivity index (χ4n) is 2.09. The maximum Gasteiger partial charge on any atom is 0.181 e. The maximum absolute atomic E-state index is 5.77. The van der Waals surface area contributed by atoms with Crippen LogP contribution in [0.3, 0.4) is 0 Å². The first-order chi connectivity index (χ1) is 6.24. The molecule has 0 aromatic rings. The number of rotatable bonds is 2. The fraction of sp³-hybridized carbons (Fsp3) is 1.00. The Hall–Kier alpha value is -0.160. The van der Waals surface area contributed by atoms with E-state index in [0.29, 0.717) is 19.2 Å². The summed E-state index contributed by atoms with van der Waals surface area (Å²) in [5.41, 5.74) is 5.53. The van der Waals surface area contributed by atoms with Gasteiger partial charge in [-0.1, -0.05) is 0 Å². The second-order valence-electron chi connectivity index (χ2n) is 3.95. The lowest BCUT2D eigenvalue weighted by Crippen LogP contribution is -2.47. The van der Waals surface area contributed by atoms with Crippen molar-refractivity contribution in [2.75, 3.05) is 19.7 Å². The third-order valence-electron chi connectivity index (χ3n) is 2.91. The molecule has 2 saturated heterocycles. The monoisotopic (exact) mass is 186 g/mol. The molecule has 0 amide bonds. The van der Waals surface area contributed by atoms with E-state index in [-0.39, 0.29) is 6.10 Å². The lowest BCUT2D eigenvalue weighted by atomic mass is 10.1. The van der Waals surface area contributed by atoms with Crippen LogP contribution in [0.25, 0.3) is 0 Å². The molecule has 0 aliphatic carbocycles. The molecule has 0 bridgehead atoms. The van der Waals surface area contributed by atoms with Gasteiger partial charge in [-0.2, -0.15) is 0 Å².